The van der Waals surface area contributed by atoms with Crippen molar-refractivity contribution in [3.8, 4) is 0 Å². The van der Waals surface area contributed by atoms with Crippen molar-refractivity contribution in [1.82, 2.24) is 5.32 Å². The Morgan fingerprint density at radius 3 is 2.38 bits per heavy atom. The molecule has 0 radical (unpaired) electrons. The van der Waals surface area contributed by atoms with Gasteiger partial charge in [-0.3, -0.25) is 0 Å². The molecule has 1 heterocycles. The van der Waals surface area contributed by atoms with Crippen molar-refractivity contribution >= 4 is 31.3 Å². The lowest BCUT2D eigenvalue weighted by Gasteiger charge is -2.20. The van der Waals surface area contributed by atoms with Gasteiger partial charge in [0.2, 0.25) is 0 Å². The van der Waals surface area contributed by atoms with Crippen molar-refractivity contribution in [3.63, 3.8) is 0 Å². The van der Waals surface area contributed by atoms with E-state index in [1.165, 1.54) is 24.3 Å². The summed E-state index contributed by atoms with van der Waals surface area (Å²) in [6.07, 6.45) is 0. The van der Waals surface area contributed by atoms with E-state index in [0.29, 0.717) is 11.6 Å². The van der Waals surface area contributed by atoms with Gasteiger partial charge < -0.3 is 5.32 Å². The van der Waals surface area contributed by atoms with E-state index in [-0.39, 0.29) is 16.4 Å². The van der Waals surface area contributed by atoms with Crippen LogP contribution in [-0.2, 0) is 26.2 Å². The highest BCUT2D eigenvalue weighted by molar-refractivity contribution is 7.96. The molecule has 0 aromatic heterocycles. The Labute approximate surface area is 159 Å². The van der Waals surface area contributed by atoms with E-state index in [1.807, 2.05) is 31.2 Å². The van der Waals surface area contributed by atoms with Gasteiger partial charge in [0.1, 0.15) is 0 Å². The van der Waals surface area contributed by atoms with Crippen molar-refractivity contribution in [2.75, 3.05) is 11.5 Å². The summed E-state index contributed by atoms with van der Waals surface area (Å²) in [7, 11) is -7.22. The van der Waals surface area contributed by atoms with Gasteiger partial charge >= 0.3 is 0 Å². The highest BCUT2D eigenvalue weighted by atomic mass is 35.5. The SMILES string of the molecule is Cc1ccccc1CNC1CS(=O)(=O)CC1S(=O)(=O)c1ccc(Cl)cc1. The molecule has 0 aliphatic carbocycles. The minimum absolute atomic E-state index is 0.0895. The molecule has 0 bridgehead atoms. The van der Waals surface area contributed by atoms with Crippen LogP contribution in [0.4, 0.5) is 0 Å². The Bertz CT molecular complexity index is 1000. The van der Waals surface area contributed by atoms with Gasteiger partial charge in [-0.15, -0.1) is 0 Å². The minimum Gasteiger partial charge on any atom is -0.308 e. The number of sulfone groups is 2. The Hall–Kier alpha value is -1.41. The lowest BCUT2D eigenvalue weighted by Crippen LogP contribution is -2.43. The minimum atomic E-state index is -3.79. The van der Waals surface area contributed by atoms with Crippen LogP contribution in [0, 0.1) is 6.92 Å². The average Bonchev–Trinajstić information content (AvgIpc) is 2.90. The van der Waals surface area contributed by atoms with Crippen molar-refractivity contribution in [2.24, 2.45) is 0 Å². The van der Waals surface area contributed by atoms with Crippen LogP contribution >= 0.6 is 11.6 Å². The van der Waals surface area contributed by atoms with Crippen molar-refractivity contribution < 1.29 is 16.8 Å². The standard InChI is InChI=1S/C18H20ClNO4S2/c1-13-4-2-3-5-14(13)10-20-17-11-25(21,22)12-18(17)26(23,24)16-8-6-15(19)7-9-16/h2-9,17-18,20H,10-12H2,1H3. The molecular weight excluding hydrogens is 394 g/mol. The lowest BCUT2D eigenvalue weighted by atomic mass is 10.1. The molecule has 2 aromatic carbocycles. The fourth-order valence-electron chi connectivity index (χ4n) is 3.16. The fourth-order valence-corrected chi connectivity index (χ4v) is 8.00. The number of hydrogen-bond acceptors (Lipinski definition) is 5. The maximum Gasteiger partial charge on any atom is 0.183 e. The van der Waals surface area contributed by atoms with E-state index in [0.717, 1.165) is 11.1 Å². The van der Waals surface area contributed by atoms with Crippen LogP contribution in [0.5, 0.6) is 0 Å². The first-order valence-corrected chi connectivity index (χ1v) is 11.9. The van der Waals surface area contributed by atoms with E-state index in [1.54, 1.807) is 0 Å². The molecule has 2 unspecified atom stereocenters. The zero-order valence-corrected chi connectivity index (χ0v) is 16.6. The summed E-state index contributed by atoms with van der Waals surface area (Å²) < 4.78 is 50.2. The zero-order chi connectivity index (χ0) is 18.9. The number of halogens is 1. The number of hydrogen-bond donors (Lipinski definition) is 1. The Kier molecular flexibility index (Phi) is 5.44. The van der Waals surface area contributed by atoms with Crippen molar-refractivity contribution in [2.45, 2.75) is 29.7 Å². The number of nitrogens with one attached hydrogen (secondary N) is 1. The molecule has 1 N–H and O–H groups in total. The first-order valence-electron chi connectivity index (χ1n) is 8.17. The number of benzene rings is 2. The second-order valence-electron chi connectivity index (χ2n) is 6.53. The molecular formula is C18H20ClNO4S2. The van der Waals surface area contributed by atoms with Gasteiger partial charge in [0, 0.05) is 17.6 Å². The van der Waals surface area contributed by atoms with E-state index < -0.39 is 31.0 Å². The summed E-state index contributed by atoms with van der Waals surface area (Å²) in [5, 5.41) is 2.56. The van der Waals surface area contributed by atoms with E-state index in [9.17, 15) is 16.8 Å². The molecule has 1 aliphatic heterocycles. The van der Waals surface area contributed by atoms with Gasteiger partial charge in [0.15, 0.2) is 19.7 Å². The van der Waals surface area contributed by atoms with Crippen LogP contribution < -0.4 is 5.32 Å². The molecule has 2 atom stereocenters. The van der Waals surface area contributed by atoms with E-state index in [4.69, 9.17) is 11.6 Å². The van der Waals surface area contributed by atoms with Gasteiger partial charge in [0.25, 0.3) is 0 Å². The van der Waals surface area contributed by atoms with Gasteiger partial charge in [-0.2, -0.15) is 0 Å². The first kappa shape index (κ1) is 19.4. The normalized spacial score (nSPS) is 22.4. The fraction of sp³-hybridized carbons (Fsp3) is 0.333. The summed E-state index contributed by atoms with van der Waals surface area (Å²) >= 11 is 5.82. The van der Waals surface area contributed by atoms with Crippen LogP contribution in [0.25, 0.3) is 0 Å². The molecule has 0 amide bonds. The summed E-state index contributed by atoms with van der Waals surface area (Å²) in [6, 6.07) is 12.9. The topological polar surface area (TPSA) is 80.3 Å². The van der Waals surface area contributed by atoms with Gasteiger partial charge in [0.05, 0.1) is 21.7 Å². The lowest BCUT2D eigenvalue weighted by molar-refractivity contribution is 0.525. The average molecular weight is 414 g/mol. The molecule has 0 spiro atoms. The molecule has 1 saturated heterocycles. The smallest absolute Gasteiger partial charge is 0.183 e. The quantitative estimate of drug-likeness (QED) is 0.813. The second kappa shape index (κ2) is 7.31. The Morgan fingerprint density at radius 1 is 1.08 bits per heavy atom. The molecule has 5 nitrogen and oxygen atoms in total. The highest BCUT2D eigenvalue weighted by Crippen LogP contribution is 2.27. The summed E-state index contributed by atoms with van der Waals surface area (Å²) in [4.78, 5) is 0.0895. The molecule has 26 heavy (non-hydrogen) atoms. The van der Waals surface area contributed by atoms with Crippen molar-refractivity contribution in [3.05, 3.63) is 64.7 Å². The van der Waals surface area contributed by atoms with Gasteiger partial charge in [-0.25, -0.2) is 16.8 Å². The van der Waals surface area contributed by atoms with Gasteiger partial charge in [-0.1, -0.05) is 35.9 Å². The monoisotopic (exact) mass is 413 g/mol. The van der Waals surface area contributed by atoms with E-state index >= 15 is 0 Å². The number of aryl methyl sites for hydroxylation is 1. The molecule has 1 aliphatic rings. The van der Waals surface area contributed by atoms with Crippen molar-refractivity contribution in [1.29, 1.82) is 0 Å². The first-order chi connectivity index (χ1) is 12.2. The molecule has 3 rings (SSSR count). The largest absolute Gasteiger partial charge is 0.308 e. The van der Waals surface area contributed by atoms with Crippen LogP contribution in [-0.4, -0.2) is 39.6 Å². The third-order valence-electron chi connectivity index (χ3n) is 4.66. The zero-order valence-electron chi connectivity index (χ0n) is 14.2. The highest BCUT2D eigenvalue weighted by Gasteiger charge is 2.45. The third kappa shape index (κ3) is 4.11. The Balaban J connectivity index is 1.86. The molecule has 8 heteroatoms. The maximum absolute atomic E-state index is 13.0. The molecule has 2 aromatic rings. The van der Waals surface area contributed by atoms with Crippen LogP contribution in [0.15, 0.2) is 53.4 Å². The number of rotatable bonds is 5. The summed E-state index contributed by atoms with van der Waals surface area (Å²) in [6.45, 7) is 2.38. The predicted octanol–water partition coefficient (Wildman–Crippen LogP) is 2.38. The van der Waals surface area contributed by atoms with Gasteiger partial charge in [-0.05, 0) is 42.3 Å². The Morgan fingerprint density at radius 2 is 1.73 bits per heavy atom. The van der Waals surface area contributed by atoms with Crippen LogP contribution in [0.3, 0.4) is 0 Å². The second-order valence-corrected chi connectivity index (χ2v) is 11.3. The molecule has 1 fully saturated rings. The maximum atomic E-state index is 13.0. The molecule has 0 saturated carbocycles. The molecule has 140 valence electrons. The van der Waals surface area contributed by atoms with Crippen LogP contribution in [0.1, 0.15) is 11.1 Å². The predicted molar refractivity (Wildman–Crippen MR) is 103 cm³/mol. The summed E-state index contributed by atoms with van der Waals surface area (Å²) in [5.74, 6) is -0.556. The van der Waals surface area contributed by atoms with E-state index in [2.05, 4.69) is 5.32 Å². The third-order valence-corrected chi connectivity index (χ3v) is 9.08. The summed E-state index contributed by atoms with van der Waals surface area (Å²) in [5.41, 5.74) is 2.08. The van der Waals surface area contributed by atoms with Crippen LogP contribution in [0.2, 0.25) is 5.02 Å².